The largest absolute Gasteiger partial charge is 0.477 e. The lowest BCUT2D eigenvalue weighted by atomic mass is 9.92. The third kappa shape index (κ3) is 10.7. The molecule has 0 aromatic carbocycles. The van der Waals surface area contributed by atoms with E-state index in [0.29, 0.717) is 4.48 Å². The van der Waals surface area contributed by atoms with Gasteiger partial charge in [-0.15, -0.1) is 0 Å². The maximum absolute atomic E-state index is 11.5. The summed E-state index contributed by atoms with van der Waals surface area (Å²) >= 11 is 0. The van der Waals surface area contributed by atoms with Crippen LogP contribution >= 0.6 is 0 Å². The van der Waals surface area contributed by atoms with Crippen LogP contribution in [0, 0.1) is 5.92 Å². The summed E-state index contributed by atoms with van der Waals surface area (Å²) in [5, 5.41) is 19.0. The quantitative estimate of drug-likeness (QED) is 0.351. The first-order valence-electron chi connectivity index (χ1n) is 9.49. The maximum atomic E-state index is 11.5. The van der Waals surface area contributed by atoms with Crippen LogP contribution in [-0.2, 0) is 4.79 Å². The Hall–Kier alpha value is -0.610. The molecule has 0 aromatic rings. The Morgan fingerprint density at radius 1 is 0.870 bits per heavy atom. The molecule has 0 fully saturated rings. The molecule has 4 heteroatoms. The number of aliphatic hydroxyl groups excluding tert-OH is 1. The van der Waals surface area contributed by atoms with E-state index in [1.807, 2.05) is 21.1 Å². The van der Waals surface area contributed by atoms with Gasteiger partial charge < -0.3 is 14.7 Å². The average Bonchev–Trinajstić information content (AvgIpc) is 2.45. The number of quaternary nitrogens is 1. The zero-order chi connectivity index (χ0) is 17.7. The molecule has 0 rings (SSSR count). The van der Waals surface area contributed by atoms with Gasteiger partial charge in [-0.25, -0.2) is 4.79 Å². The summed E-state index contributed by atoms with van der Waals surface area (Å²) in [5.41, 5.74) is 0. The van der Waals surface area contributed by atoms with Crippen molar-refractivity contribution >= 4 is 5.97 Å². The van der Waals surface area contributed by atoms with Crippen LogP contribution in [0.15, 0.2) is 0 Å². The fourth-order valence-electron chi connectivity index (χ4n) is 3.41. The van der Waals surface area contributed by atoms with E-state index >= 15 is 0 Å². The van der Waals surface area contributed by atoms with Gasteiger partial charge in [0.25, 0.3) is 0 Å². The summed E-state index contributed by atoms with van der Waals surface area (Å²) in [6, 6.07) is -0.529. The molecule has 2 atom stereocenters. The summed E-state index contributed by atoms with van der Waals surface area (Å²) in [6.45, 7) is 2.21. The number of carboxylic acid groups (broad SMARTS) is 1. The number of hydrogen-bond acceptors (Lipinski definition) is 2. The Morgan fingerprint density at radius 3 is 1.65 bits per heavy atom. The van der Waals surface area contributed by atoms with E-state index in [9.17, 15) is 15.0 Å². The Morgan fingerprint density at radius 2 is 1.30 bits per heavy atom. The van der Waals surface area contributed by atoms with E-state index in [1.54, 1.807) is 0 Å². The van der Waals surface area contributed by atoms with Crippen LogP contribution in [-0.4, -0.2) is 54.5 Å². The third-order valence-corrected chi connectivity index (χ3v) is 4.70. The van der Waals surface area contributed by atoms with Gasteiger partial charge in [-0.05, 0) is 6.42 Å². The Bertz CT molecular complexity index is 299. The number of rotatable bonds is 15. The van der Waals surface area contributed by atoms with Gasteiger partial charge in [0.05, 0.1) is 27.7 Å². The second-order valence-electron chi connectivity index (χ2n) is 7.81. The van der Waals surface area contributed by atoms with Crippen molar-refractivity contribution in [2.24, 2.45) is 5.92 Å². The molecule has 0 aliphatic carbocycles. The number of likely N-dealkylation sites (N-methyl/N-ethyl adjacent to an activating group) is 1. The Labute approximate surface area is 143 Å². The third-order valence-electron chi connectivity index (χ3n) is 4.70. The number of unbranched alkanes of at least 4 members (excludes halogenated alkanes) is 9. The second-order valence-corrected chi connectivity index (χ2v) is 7.81. The van der Waals surface area contributed by atoms with Crippen LogP contribution < -0.4 is 0 Å². The number of aliphatic hydroxyl groups is 1. The minimum Gasteiger partial charge on any atom is -0.477 e. The first-order chi connectivity index (χ1) is 10.8. The molecule has 0 aromatic heterocycles. The van der Waals surface area contributed by atoms with Crippen LogP contribution in [0.1, 0.15) is 77.6 Å². The van der Waals surface area contributed by atoms with Crippen molar-refractivity contribution in [2.45, 2.75) is 83.6 Å². The van der Waals surface area contributed by atoms with Gasteiger partial charge in [0.15, 0.2) is 6.04 Å². The summed E-state index contributed by atoms with van der Waals surface area (Å²) in [5.74, 6) is -0.954. The van der Waals surface area contributed by atoms with Crippen molar-refractivity contribution in [1.82, 2.24) is 0 Å². The van der Waals surface area contributed by atoms with Gasteiger partial charge in [-0.3, -0.25) is 0 Å². The number of aliphatic carboxylic acids is 1. The zero-order valence-electron chi connectivity index (χ0n) is 15.9. The fraction of sp³-hybridized carbons (Fsp3) is 0.947. The number of carboxylic acids is 1. The molecule has 0 amide bonds. The van der Waals surface area contributed by atoms with Gasteiger partial charge in [0, 0.05) is 5.92 Å². The van der Waals surface area contributed by atoms with Crippen LogP contribution in [0.2, 0.25) is 0 Å². The van der Waals surface area contributed by atoms with Crippen molar-refractivity contribution in [3.05, 3.63) is 0 Å². The van der Waals surface area contributed by atoms with Gasteiger partial charge in [0.1, 0.15) is 0 Å². The van der Waals surface area contributed by atoms with Crippen LogP contribution in [0.5, 0.6) is 0 Å². The van der Waals surface area contributed by atoms with Crippen molar-refractivity contribution < 1.29 is 19.5 Å². The van der Waals surface area contributed by atoms with Crippen molar-refractivity contribution in [1.29, 1.82) is 0 Å². The standard InChI is InChI=1S/C19H39NO3/c1-5-6-7-8-9-10-11-12-13-14-15-17(16-21)18(19(22)23)20(2,3)4/h17-18,21H,5-16H2,1-4H3/p+1. The highest BCUT2D eigenvalue weighted by Gasteiger charge is 2.38. The average molecular weight is 331 g/mol. The lowest BCUT2D eigenvalue weighted by Crippen LogP contribution is -2.54. The SMILES string of the molecule is CCCCCCCCCCCCC(CO)C(C(=O)O)[N+](C)(C)C. The molecule has 2 N–H and O–H groups in total. The molecule has 0 heterocycles. The van der Waals surface area contributed by atoms with E-state index < -0.39 is 12.0 Å². The maximum Gasteiger partial charge on any atom is 0.362 e. The normalized spacial score (nSPS) is 14.7. The molecule has 0 saturated heterocycles. The molecule has 138 valence electrons. The number of carbonyl (C=O) groups is 1. The van der Waals surface area contributed by atoms with E-state index in [-0.39, 0.29) is 12.5 Å². The molecule has 0 aliphatic rings. The van der Waals surface area contributed by atoms with Gasteiger partial charge in [-0.1, -0.05) is 71.1 Å². The first kappa shape index (κ1) is 22.4. The summed E-state index contributed by atoms with van der Waals surface area (Å²) in [6.07, 6.45) is 13.6. The molecule has 0 saturated carbocycles. The lowest BCUT2D eigenvalue weighted by Gasteiger charge is -2.35. The second kappa shape index (κ2) is 12.8. The highest BCUT2D eigenvalue weighted by molar-refractivity contribution is 5.72. The predicted molar refractivity (Wildman–Crippen MR) is 96.5 cm³/mol. The summed E-state index contributed by atoms with van der Waals surface area (Å²) < 4.78 is 0.359. The minimum atomic E-state index is -0.802. The minimum absolute atomic E-state index is 0.0378. The lowest BCUT2D eigenvalue weighted by molar-refractivity contribution is -0.891. The van der Waals surface area contributed by atoms with Crippen molar-refractivity contribution in [3.63, 3.8) is 0 Å². The molecule has 23 heavy (non-hydrogen) atoms. The number of nitrogens with zero attached hydrogens (tertiary/aromatic N) is 1. The molecular formula is C19H40NO3+. The van der Waals surface area contributed by atoms with Crippen molar-refractivity contribution in [3.8, 4) is 0 Å². The molecule has 0 bridgehead atoms. The predicted octanol–water partition coefficient (Wildman–Crippen LogP) is 4.07. The highest BCUT2D eigenvalue weighted by atomic mass is 16.4. The Balaban J connectivity index is 3.85. The van der Waals surface area contributed by atoms with Crippen LogP contribution in [0.4, 0.5) is 0 Å². The summed E-state index contributed by atoms with van der Waals surface area (Å²) in [4.78, 5) is 11.5. The van der Waals surface area contributed by atoms with Crippen LogP contribution in [0.25, 0.3) is 0 Å². The molecular weight excluding hydrogens is 290 g/mol. The monoisotopic (exact) mass is 330 g/mol. The van der Waals surface area contributed by atoms with Crippen LogP contribution in [0.3, 0.4) is 0 Å². The molecule has 0 spiro atoms. The van der Waals surface area contributed by atoms with E-state index in [1.165, 1.54) is 51.4 Å². The van der Waals surface area contributed by atoms with Gasteiger partial charge in [0.2, 0.25) is 0 Å². The molecule has 4 nitrogen and oxygen atoms in total. The van der Waals surface area contributed by atoms with E-state index in [4.69, 9.17) is 0 Å². The first-order valence-corrected chi connectivity index (χ1v) is 9.49. The van der Waals surface area contributed by atoms with Gasteiger partial charge >= 0.3 is 5.97 Å². The fourth-order valence-corrected chi connectivity index (χ4v) is 3.41. The number of hydrogen-bond donors (Lipinski definition) is 2. The topological polar surface area (TPSA) is 57.5 Å². The molecule has 2 unspecified atom stereocenters. The van der Waals surface area contributed by atoms with Gasteiger partial charge in [-0.2, -0.15) is 0 Å². The van der Waals surface area contributed by atoms with Crippen molar-refractivity contribution in [2.75, 3.05) is 27.7 Å². The Kier molecular flexibility index (Phi) is 12.4. The molecule has 0 aliphatic heterocycles. The van der Waals surface area contributed by atoms with E-state index in [0.717, 1.165) is 19.3 Å². The molecule has 0 radical (unpaired) electrons. The smallest absolute Gasteiger partial charge is 0.362 e. The van der Waals surface area contributed by atoms with E-state index in [2.05, 4.69) is 6.92 Å². The zero-order valence-corrected chi connectivity index (χ0v) is 15.9. The summed E-state index contributed by atoms with van der Waals surface area (Å²) in [7, 11) is 5.67. The highest BCUT2D eigenvalue weighted by Crippen LogP contribution is 2.21.